The summed E-state index contributed by atoms with van der Waals surface area (Å²) in [5, 5.41) is 27.1. The highest BCUT2D eigenvalue weighted by Gasteiger charge is 2.31. The lowest BCUT2D eigenvalue weighted by molar-refractivity contribution is -0.159. The minimum atomic E-state index is -1.92. The van der Waals surface area contributed by atoms with Gasteiger partial charge in [-0.1, -0.05) is 18.2 Å². The number of ether oxygens (including phenoxy) is 1. The molecule has 0 aliphatic heterocycles. The molecule has 1 rings (SSSR count). The molecule has 1 aromatic rings. The zero-order chi connectivity index (χ0) is 12.9. The van der Waals surface area contributed by atoms with E-state index in [0.29, 0.717) is 12.2 Å². The van der Waals surface area contributed by atoms with Gasteiger partial charge >= 0.3 is 5.97 Å². The molecule has 0 amide bonds. The standard InChI is InChI=1S/C12H16O5/c1-12(16,11(14)15)8-17-10-5-3-2-4-9(10)6-7-13/h2-5,13,16H,6-8H2,1H3,(H,14,15). The molecule has 0 spiro atoms. The summed E-state index contributed by atoms with van der Waals surface area (Å²) >= 11 is 0. The fourth-order valence-corrected chi connectivity index (χ4v) is 1.25. The third-order valence-corrected chi connectivity index (χ3v) is 2.32. The van der Waals surface area contributed by atoms with Crippen LogP contribution in [0.15, 0.2) is 24.3 Å². The predicted octanol–water partition coefficient (Wildman–Crippen LogP) is 0.436. The first kappa shape index (κ1) is 13.5. The second kappa shape index (κ2) is 5.65. The van der Waals surface area contributed by atoms with Gasteiger partial charge in [-0.15, -0.1) is 0 Å². The Hall–Kier alpha value is -1.59. The van der Waals surface area contributed by atoms with Gasteiger partial charge in [-0.05, 0) is 25.0 Å². The van der Waals surface area contributed by atoms with Crippen LogP contribution in [0, 0.1) is 0 Å². The van der Waals surface area contributed by atoms with Gasteiger partial charge in [0.2, 0.25) is 0 Å². The summed E-state index contributed by atoms with van der Waals surface area (Å²) in [6.45, 7) is 0.810. The van der Waals surface area contributed by atoms with Crippen LogP contribution in [0.1, 0.15) is 12.5 Å². The summed E-state index contributed by atoms with van der Waals surface area (Å²) in [6, 6.07) is 6.99. The Bertz CT molecular complexity index is 386. The summed E-state index contributed by atoms with van der Waals surface area (Å²) in [7, 11) is 0. The number of aliphatic hydroxyl groups is 2. The quantitative estimate of drug-likeness (QED) is 0.671. The summed E-state index contributed by atoms with van der Waals surface area (Å²) in [5.74, 6) is -0.861. The van der Waals surface area contributed by atoms with Gasteiger partial charge in [0.1, 0.15) is 12.4 Å². The molecule has 0 fully saturated rings. The maximum absolute atomic E-state index is 10.7. The summed E-state index contributed by atoms with van der Waals surface area (Å²) in [5.41, 5.74) is -1.15. The van der Waals surface area contributed by atoms with E-state index in [9.17, 15) is 9.90 Å². The van der Waals surface area contributed by atoms with Gasteiger partial charge in [-0.25, -0.2) is 4.79 Å². The average molecular weight is 240 g/mol. The largest absolute Gasteiger partial charge is 0.490 e. The molecule has 1 atom stereocenters. The molecule has 0 saturated heterocycles. The molecule has 5 nitrogen and oxygen atoms in total. The fourth-order valence-electron chi connectivity index (χ4n) is 1.25. The summed E-state index contributed by atoms with van der Waals surface area (Å²) in [4.78, 5) is 10.7. The van der Waals surface area contributed by atoms with E-state index in [1.165, 1.54) is 6.92 Å². The van der Waals surface area contributed by atoms with Crippen molar-refractivity contribution in [2.45, 2.75) is 18.9 Å². The van der Waals surface area contributed by atoms with Gasteiger partial charge in [0.25, 0.3) is 0 Å². The number of carboxylic acid groups (broad SMARTS) is 1. The summed E-state index contributed by atoms with van der Waals surface area (Å²) in [6.07, 6.45) is 0.422. The first-order chi connectivity index (χ1) is 7.97. The van der Waals surface area contributed by atoms with E-state index in [4.69, 9.17) is 14.9 Å². The van der Waals surface area contributed by atoms with Crippen molar-refractivity contribution in [3.8, 4) is 5.75 Å². The van der Waals surface area contributed by atoms with Crippen LogP contribution < -0.4 is 4.74 Å². The van der Waals surface area contributed by atoms with Crippen LogP contribution >= 0.6 is 0 Å². The lowest BCUT2D eigenvalue weighted by atomic mass is 10.1. The second-order valence-electron chi connectivity index (χ2n) is 3.95. The number of benzene rings is 1. The molecule has 0 aliphatic rings. The Balaban J connectivity index is 2.72. The van der Waals surface area contributed by atoms with E-state index in [0.717, 1.165) is 5.56 Å². The van der Waals surface area contributed by atoms with Crippen molar-refractivity contribution in [3.05, 3.63) is 29.8 Å². The minimum absolute atomic E-state index is 0.0182. The highest BCUT2D eigenvalue weighted by atomic mass is 16.5. The molecule has 94 valence electrons. The van der Waals surface area contributed by atoms with Gasteiger partial charge in [-0.3, -0.25) is 0 Å². The van der Waals surface area contributed by atoms with Crippen molar-refractivity contribution >= 4 is 5.97 Å². The topological polar surface area (TPSA) is 87.0 Å². The van der Waals surface area contributed by atoms with Crippen molar-refractivity contribution in [1.82, 2.24) is 0 Å². The molecule has 3 N–H and O–H groups in total. The smallest absolute Gasteiger partial charge is 0.339 e. The van der Waals surface area contributed by atoms with E-state index in [1.807, 2.05) is 0 Å². The van der Waals surface area contributed by atoms with Crippen molar-refractivity contribution in [3.63, 3.8) is 0 Å². The van der Waals surface area contributed by atoms with Crippen molar-refractivity contribution < 1.29 is 24.9 Å². The molecule has 0 bridgehead atoms. The van der Waals surface area contributed by atoms with E-state index < -0.39 is 11.6 Å². The monoisotopic (exact) mass is 240 g/mol. The number of hydrogen-bond acceptors (Lipinski definition) is 4. The number of carboxylic acids is 1. The number of rotatable bonds is 6. The first-order valence-electron chi connectivity index (χ1n) is 5.24. The molecule has 0 saturated carbocycles. The van der Waals surface area contributed by atoms with Crippen molar-refractivity contribution in [1.29, 1.82) is 0 Å². The average Bonchev–Trinajstić information content (AvgIpc) is 2.28. The zero-order valence-electron chi connectivity index (χ0n) is 9.59. The molecule has 5 heteroatoms. The predicted molar refractivity (Wildman–Crippen MR) is 61.0 cm³/mol. The number of aliphatic carboxylic acids is 1. The van der Waals surface area contributed by atoms with Crippen LogP contribution in [-0.4, -0.2) is 40.1 Å². The molecule has 0 heterocycles. The third kappa shape index (κ3) is 3.72. The van der Waals surface area contributed by atoms with Crippen LogP contribution in [0.25, 0.3) is 0 Å². The van der Waals surface area contributed by atoms with Gasteiger partial charge in [-0.2, -0.15) is 0 Å². The van der Waals surface area contributed by atoms with E-state index in [2.05, 4.69) is 0 Å². The zero-order valence-corrected chi connectivity index (χ0v) is 9.59. The van der Waals surface area contributed by atoms with Crippen LogP contribution in [-0.2, 0) is 11.2 Å². The Morgan fingerprint density at radius 3 is 2.65 bits per heavy atom. The highest BCUT2D eigenvalue weighted by molar-refractivity contribution is 5.76. The van der Waals surface area contributed by atoms with E-state index >= 15 is 0 Å². The molecule has 1 unspecified atom stereocenters. The molecule has 0 aromatic heterocycles. The Morgan fingerprint density at radius 2 is 2.06 bits per heavy atom. The molecule has 17 heavy (non-hydrogen) atoms. The highest BCUT2D eigenvalue weighted by Crippen LogP contribution is 2.19. The number of hydrogen-bond donors (Lipinski definition) is 3. The van der Waals surface area contributed by atoms with E-state index in [1.54, 1.807) is 24.3 Å². The number of carbonyl (C=O) groups is 1. The van der Waals surface area contributed by atoms with Gasteiger partial charge < -0.3 is 20.1 Å². The number of para-hydroxylation sites is 1. The Kier molecular flexibility index (Phi) is 4.48. The van der Waals surface area contributed by atoms with Crippen LogP contribution in [0.4, 0.5) is 0 Å². The molecular formula is C12H16O5. The number of aliphatic hydroxyl groups excluding tert-OH is 1. The lowest BCUT2D eigenvalue weighted by Gasteiger charge is -2.19. The lowest BCUT2D eigenvalue weighted by Crippen LogP contribution is -2.41. The minimum Gasteiger partial charge on any atom is -0.490 e. The maximum Gasteiger partial charge on any atom is 0.339 e. The van der Waals surface area contributed by atoms with Crippen LogP contribution in [0.5, 0.6) is 5.75 Å². The Morgan fingerprint density at radius 1 is 1.41 bits per heavy atom. The molecule has 1 aromatic carbocycles. The van der Waals surface area contributed by atoms with Gasteiger partial charge in [0, 0.05) is 6.61 Å². The Labute approximate surface area is 99.3 Å². The second-order valence-corrected chi connectivity index (χ2v) is 3.95. The SMILES string of the molecule is CC(O)(COc1ccccc1CCO)C(=O)O. The molecule has 0 aliphatic carbocycles. The maximum atomic E-state index is 10.7. The van der Waals surface area contributed by atoms with Crippen molar-refractivity contribution in [2.24, 2.45) is 0 Å². The van der Waals surface area contributed by atoms with E-state index in [-0.39, 0.29) is 13.2 Å². The first-order valence-corrected chi connectivity index (χ1v) is 5.24. The van der Waals surface area contributed by atoms with Gasteiger partial charge in [0.15, 0.2) is 5.60 Å². The van der Waals surface area contributed by atoms with Gasteiger partial charge in [0.05, 0.1) is 0 Å². The van der Waals surface area contributed by atoms with Crippen LogP contribution in [0.3, 0.4) is 0 Å². The van der Waals surface area contributed by atoms with Crippen LogP contribution in [0.2, 0.25) is 0 Å². The fraction of sp³-hybridized carbons (Fsp3) is 0.417. The molecular weight excluding hydrogens is 224 g/mol. The molecule has 0 radical (unpaired) electrons. The van der Waals surface area contributed by atoms with Crippen molar-refractivity contribution in [2.75, 3.05) is 13.2 Å². The normalized spacial score (nSPS) is 14.1. The third-order valence-electron chi connectivity index (χ3n) is 2.32. The summed E-state index contributed by atoms with van der Waals surface area (Å²) < 4.78 is 5.27.